The van der Waals surface area contributed by atoms with Gasteiger partial charge in [0.1, 0.15) is 0 Å². The van der Waals surface area contributed by atoms with E-state index in [0.29, 0.717) is 0 Å². The second-order valence-corrected chi connectivity index (χ2v) is 4.64. The normalized spacial score (nSPS) is 39.2. The highest BCUT2D eigenvalue weighted by Crippen LogP contribution is 2.51. The van der Waals surface area contributed by atoms with E-state index in [1.54, 1.807) is 0 Å². The lowest BCUT2D eigenvalue weighted by Gasteiger charge is -2.53. The third-order valence-corrected chi connectivity index (χ3v) is 3.92. The number of piperidine rings is 1. The Bertz CT molecular complexity index is 155. The second kappa shape index (κ2) is 4.45. The molecule has 1 aliphatic heterocycles. The highest BCUT2D eigenvalue weighted by atomic mass is 15.1. The van der Waals surface area contributed by atoms with Crippen molar-refractivity contribution in [3.63, 3.8) is 0 Å². The van der Waals surface area contributed by atoms with Crippen LogP contribution in [0, 0.1) is 11.3 Å². The predicted molar refractivity (Wildman–Crippen MR) is 58.9 cm³/mol. The van der Waals surface area contributed by atoms with Gasteiger partial charge in [-0.15, -0.1) is 0 Å². The lowest BCUT2D eigenvalue weighted by molar-refractivity contribution is -0.0261. The van der Waals surface area contributed by atoms with Gasteiger partial charge in [0.25, 0.3) is 0 Å². The van der Waals surface area contributed by atoms with Crippen LogP contribution in [0.2, 0.25) is 0 Å². The molecular weight excluding hydrogens is 158 g/mol. The fourth-order valence-electron chi connectivity index (χ4n) is 2.84. The minimum Gasteiger partial charge on any atom is -0.306 e. The van der Waals surface area contributed by atoms with Crippen molar-refractivity contribution in [3.8, 4) is 0 Å². The molecule has 1 nitrogen and oxygen atoms in total. The van der Waals surface area contributed by atoms with Gasteiger partial charge in [0.2, 0.25) is 0 Å². The highest BCUT2D eigenvalue weighted by Gasteiger charge is 2.45. The fourth-order valence-corrected chi connectivity index (χ4v) is 2.84. The fraction of sp³-hybridized carbons (Fsp3) is 1.00. The molecule has 1 heteroatoms. The van der Waals surface area contributed by atoms with E-state index in [0.717, 1.165) is 11.3 Å². The largest absolute Gasteiger partial charge is 0.306 e. The molecule has 1 saturated carbocycles. The molecule has 0 radical (unpaired) electrons. The van der Waals surface area contributed by atoms with Crippen LogP contribution in [0.1, 0.15) is 46.5 Å². The van der Waals surface area contributed by atoms with Crippen molar-refractivity contribution in [1.82, 2.24) is 4.90 Å². The van der Waals surface area contributed by atoms with Crippen molar-refractivity contribution in [2.75, 3.05) is 20.1 Å². The Labute approximate surface area is 83.5 Å². The van der Waals surface area contributed by atoms with Crippen molar-refractivity contribution in [2.45, 2.75) is 46.5 Å². The maximum atomic E-state index is 2.51. The van der Waals surface area contributed by atoms with Gasteiger partial charge in [-0.25, -0.2) is 0 Å². The summed E-state index contributed by atoms with van der Waals surface area (Å²) in [6.07, 6.45) is 5.91. The number of hydrogen-bond acceptors (Lipinski definition) is 1. The van der Waals surface area contributed by atoms with Crippen LogP contribution in [0.25, 0.3) is 0 Å². The Morgan fingerprint density at radius 1 is 1.23 bits per heavy atom. The van der Waals surface area contributed by atoms with Crippen molar-refractivity contribution < 1.29 is 0 Å². The monoisotopic (exact) mass is 183 g/mol. The minimum atomic E-state index is 0.757. The summed E-state index contributed by atoms with van der Waals surface area (Å²) < 4.78 is 0. The van der Waals surface area contributed by atoms with Gasteiger partial charge >= 0.3 is 0 Å². The van der Waals surface area contributed by atoms with Gasteiger partial charge < -0.3 is 4.90 Å². The molecule has 2 rings (SSSR count). The molecule has 0 aromatic rings. The molecule has 0 aromatic heterocycles. The molecule has 13 heavy (non-hydrogen) atoms. The summed E-state index contributed by atoms with van der Waals surface area (Å²) in [7, 11) is 2.27. The Morgan fingerprint density at radius 2 is 1.92 bits per heavy atom. The van der Waals surface area contributed by atoms with Crippen molar-refractivity contribution in [1.29, 1.82) is 0 Å². The van der Waals surface area contributed by atoms with Gasteiger partial charge in [-0.05, 0) is 50.6 Å². The molecule has 2 unspecified atom stereocenters. The third kappa shape index (κ3) is 2.07. The minimum absolute atomic E-state index is 0.757. The third-order valence-electron chi connectivity index (χ3n) is 3.92. The standard InChI is InChI=1S/C10H19N.C2H6/c1-9-4-6-10(9)5-3-7-11(2)8-10;1-2/h9H,3-8H2,1-2H3;1-2H3. The molecule has 0 bridgehead atoms. The first-order valence-corrected chi connectivity index (χ1v) is 5.91. The summed E-state index contributed by atoms with van der Waals surface area (Å²) in [6.45, 7) is 9.13. The van der Waals surface area contributed by atoms with E-state index >= 15 is 0 Å². The van der Waals surface area contributed by atoms with Gasteiger partial charge in [0.05, 0.1) is 0 Å². The summed E-state index contributed by atoms with van der Waals surface area (Å²) in [4.78, 5) is 2.51. The van der Waals surface area contributed by atoms with Crippen LogP contribution in [0.5, 0.6) is 0 Å². The van der Waals surface area contributed by atoms with E-state index in [9.17, 15) is 0 Å². The zero-order valence-electron chi connectivity index (χ0n) is 9.77. The van der Waals surface area contributed by atoms with E-state index in [1.807, 2.05) is 13.8 Å². The molecule has 0 aromatic carbocycles. The molecule has 1 spiro atoms. The Kier molecular flexibility index (Phi) is 3.78. The summed E-state index contributed by atoms with van der Waals surface area (Å²) in [5.41, 5.74) is 0.757. The molecule has 1 heterocycles. The average molecular weight is 183 g/mol. The SMILES string of the molecule is CC.CC1CCC12CCCN(C)C2. The van der Waals surface area contributed by atoms with Crippen LogP contribution in [0.4, 0.5) is 0 Å². The maximum Gasteiger partial charge on any atom is 0.00375 e. The topological polar surface area (TPSA) is 3.24 Å². The van der Waals surface area contributed by atoms with E-state index in [1.165, 1.54) is 38.8 Å². The summed E-state index contributed by atoms with van der Waals surface area (Å²) in [5, 5.41) is 0. The Balaban J connectivity index is 0.000000396. The molecule has 1 aliphatic carbocycles. The molecule has 1 saturated heterocycles. The number of likely N-dealkylation sites (tertiary alicyclic amines) is 1. The lowest BCUT2D eigenvalue weighted by Crippen LogP contribution is -2.50. The first-order valence-electron chi connectivity index (χ1n) is 5.91. The van der Waals surface area contributed by atoms with E-state index in [2.05, 4.69) is 18.9 Å². The summed E-state index contributed by atoms with van der Waals surface area (Å²) >= 11 is 0. The first kappa shape index (κ1) is 11.0. The van der Waals surface area contributed by atoms with Crippen LogP contribution in [0.15, 0.2) is 0 Å². The van der Waals surface area contributed by atoms with E-state index in [4.69, 9.17) is 0 Å². The number of nitrogens with zero attached hydrogens (tertiary/aromatic N) is 1. The summed E-state index contributed by atoms with van der Waals surface area (Å²) in [6, 6.07) is 0. The quantitative estimate of drug-likeness (QED) is 0.557. The van der Waals surface area contributed by atoms with Gasteiger partial charge in [-0.3, -0.25) is 0 Å². The molecule has 78 valence electrons. The second-order valence-electron chi connectivity index (χ2n) is 4.64. The van der Waals surface area contributed by atoms with Gasteiger partial charge in [0.15, 0.2) is 0 Å². The van der Waals surface area contributed by atoms with Crippen LogP contribution in [-0.4, -0.2) is 25.0 Å². The van der Waals surface area contributed by atoms with E-state index in [-0.39, 0.29) is 0 Å². The molecule has 0 N–H and O–H groups in total. The predicted octanol–water partition coefficient (Wildman–Crippen LogP) is 3.15. The van der Waals surface area contributed by atoms with Crippen LogP contribution < -0.4 is 0 Å². The van der Waals surface area contributed by atoms with Crippen LogP contribution >= 0.6 is 0 Å². The number of rotatable bonds is 0. The van der Waals surface area contributed by atoms with Crippen molar-refractivity contribution in [3.05, 3.63) is 0 Å². The average Bonchev–Trinajstić information content (AvgIpc) is 2.19. The lowest BCUT2D eigenvalue weighted by atomic mass is 9.57. The zero-order chi connectivity index (χ0) is 9.90. The zero-order valence-corrected chi connectivity index (χ0v) is 9.77. The molecule has 0 amide bonds. The molecule has 2 fully saturated rings. The van der Waals surface area contributed by atoms with Crippen LogP contribution in [-0.2, 0) is 0 Å². The van der Waals surface area contributed by atoms with Crippen molar-refractivity contribution >= 4 is 0 Å². The molecule has 2 aliphatic rings. The van der Waals surface area contributed by atoms with E-state index < -0.39 is 0 Å². The maximum absolute atomic E-state index is 2.51. The molecule has 2 atom stereocenters. The van der Waals surface area contributed by atoms with Gasteiger partial charge in [-0.1, -0.05) is 20.8 Å². The van der Waals surface area contributed by atoms with Crippen molar-refractivity contribution in [2.24, 2.45) is 11.3 Å². The van der Waals surface area contributed by atoms with Crippen LogP contribution in [0.3, 0.4) is 0 Å². The molecular formula is C12H25N. The first-order chi connectivity index (χ1) is 6.23. The Morgan fingerprint density at radius 3 is 2.23 bits per heavy atom. The highest BCUT2D eigenvalue weighted by molar-refractivity contribution is 4.97. The Hall–Kier alpha value is -0.0400. The smallest absolute Gasteiger partial charge is 0.00375 e. The van der Waals surface area contributed by atoms with Gasteiger partial charge in [0, 0.05) is 6.54 Å². The number of hydrogen-bond donors (Lipinski definition) is 0. The summed E-state index contributed by atoms with van der Waals surface area (Å²) in [5.74, 6) is 1.00. The van der Waals surface area contributed by atoms with Gasteiger partial charge in [-0.2, -0.15) is 0 Å².